The molecule has 0 aromatic heterocycles. The van der Waals surface area contributed by atoms with Crippen molar-refractivity contribution in [1.82, 2.24) is 0 Å². The number of methoxy groups -OCH3 is 1. The van der Waals surface area contributed by atoms with Gasteiger partial charge >= 0.3 is 0 Å². The topological polar surface area (TPSA) is 9.23 Å². The lowest BCUT2D eigenvalue weighted by molar-refractivity contribution is 0.114. The maximum atomic E-state index is 14.9. The van der Waals surface area contributed by atoms with E-state index in [-0.39, 0.29) is 5.82 Å². The summed E-state index contributed by atoms with van der Waals surface area (Å²) in [6.07, 6.45) is 10.8. The molecule has 28 heavy (non-hydrogen) atoms. The molecule has 0 radical (unpaired) electrons. The summed E-state index contributed by atoms with van der Waals surface area (Å²) in [5.41, 5.74) is 2.78. The van der Waals surface area contributed by atoms with E-state index in [1.54, 1.807) is 13.2 Å². The van der Waals surface area contributed by atoms with Gasteiger partial charge in [-0.2, -0.15) is 0 Å². The zero-order chi connectivity index (χ0) is 19.5. The third kappa shape index (κ3) is 4.11. The van der Waals surface area contributed by atoms with Gasteiger partial charge in [-0.25, -0.2) is 4.39 Å². The highest BCUT2D eigenvalue weighted by Crippen LogP contribution is 2.48. The van der Waals surface area contributed by atoms with Crippen molar-refractivity contribution in [2.24, 2.45) is 17.8 Å². The Morgan fingerprint density at radius 1 is 0.929 bits per heavy atom. The van der Waals surface area contributed by atoms with Gasteiger partial charge in [0.25, 0.3) is 0 Å². The highest BCUT2D eigenvalue weighted by atomic mass is 19.1. The van der Waals surface area contributed by atoms with E-state index < -0.39 is 0 Å². The monoisotopic (exact) mass is 380 g/mol. The largest absolute Gasteiger partial charge is 0.497 e. The Morgan fingerprint density at radius 3 is 2.39 bits per heavy atom. The molecule has 2 aromatic carbocycles. The number of hydrogen-bond acceptors (Lipinski definition) is 1. The Balaban J connectivity index is 1.45. The summed E-state index contributed by atoms with van der Waals surface area (Å²) in [6, 6.07) is 13.6. The maximum Gasteiger partial charge on any atom is 0.131 e. The minimum Gasteiger partial charge on any atom is -0.497 e. The van der Waals surface area contributed by atoms with Crippen LogP contribution in [0, 0.1) is 23.6 Å². The van der Waals surface area contributed by atoms with Crippen LogP contribution in [0.3, 0.4) is 0 Å². The van der Waals surface area contributed by atoms with Crippen molar-refractivity contribution in [2.75, 3.05) is 7.11 Å². The van der Waals surface area contributed by atoms with Gasteiger partial charge in [0.2, 0.25) is 0 Å². The molecule has 2 aromatic rings. The fraction of sp³-hybridized carbons (Fsp3) is 0.538. The molecule has 4 atom stereocenters. The lowest BCUT2D eigenvalue weighted by atomic mass is 9.63. The minimum atomic E-state index is -0.101. The van der Waals surface area contributed by atoms with Gasteiger partial charge in [-0.3, -0.25) is 0 Å². The van der Waals surface area contributed by atoms with E-state index >= 15 is 0 Å². The fourth-order valence-corrected chi connectivity index (χ4v) is 5.75. The van der Waals surface area contributed by atoms with Crippen LogP contribution in [0.1, 0.15) is 69.8 Å². The Kier molecular flexibility index (Phi) is 6.04. The van der Waals surface area contributed by atoms with Gasteiger partial charge < -0.3 is 4.74 Å². The first-order valence-corrected chi connectivity index (χ1v) is 11.1. The second kappa shape index (κ2) is 8.68. The summed E-state index contributed by atoms with van der Waals surface area (Å²) in [5, 5.41) is 0. The molecule has 1 nitrogen and oxygen atoms in total. The number of ether oxygens (including phenoxy) is 1. The van der Waals surface area contributed by atoms with Crippen molar-refractivity contribution in [2.45, 2.75) is 64.2 Å². The van der Waals surface area contributed by atoms with Crippen LogP contribution in [0.4, 0.5) is 4.39 Å². The predicted octanol–water partition coefficient (Wildman–Crippen LogP) is 7.60. The third-order valence-corrected chi connectivity index (χ3v) is 7.28. The molecule has 0 N–H and O–H groups in total. The molecule has 2 saturated carbocycles. The van der Waals surface area contributed by atoms with E-state index in [2.05, 4.69) is 13.0 Å². The zero-order valence-electron chi connectivity index (χ0n) is 17.3. The second-order valence-corrected chi connectivity index (χ2v) is 8.97. The van der Waals surface area contributed by atoms with Gasteiger partial charge in [-0.05, 0) is 85.1 Å². The first kappa shape index (κ1) is 19.5. The average molecular weight is 381 g/mol. The summed E-state index contributed by atoms with van der Waals surface area (Å²) in [7, 11) is 1.65. The number of fused-ring (bicyclic) bond motifs is 1. The second-order valence-electron chi connectivity index (χ2n) is 8.97. The molecule has 2 heteroatoms. The number of hydrogen-bond donors (Lipinski definition) is 0. The van der Waals surface area contributed by atoms with Gasteiger partial charge in [-0.1, -0.05) is 50.5 Å². The van der Waals surface area contributed by atoms with Crippen molar-refractivity contribution < 1.29 is 9.13 Å². The van der Waals surface area contributed by atoms with Crippen LogP contribution in [-0.2, 0) is 0 Å². The van der Waals surface area contributed by atoms with E-state index in [4.69, 9.17) is 4.74 Å². The molecule has 2 aliphatic carbocycles. The average Bonchev–Trinajstić information content (AvgIpc) is 2.73. The Hall–Kier alpha value is -1.83. The quantitative estimate of drug-likeness (QED) is 0.519. The molecule has 0 spiro atoms. The summed E-state index contributed by atoms with van der Waals surface area (Å²) in [5.74, 6) is 3.97. The SMILES string of the molecule is CCCC1CC[C@@H]2C[C@H](c3ccc(-c4ccc(OC)cc4)c(F)c3)CC[C@@H]2C1. The normalized spacial score (nSPS) is 27.2. The molecule has 2 aliphatic rings. The first-order chi connectivity index (χ1) is 13.7. The first-order valence-electron chi connectivity index (χ1n) is 11.1. The molecule has 0 bridgehead atoms. The fourth-order valence-electron chi connectivity index (χ4n) is 5.75. The minimum absolute atomic E-state index is 0.101. The van der Waals surface area contributed by atoms with Gasteiger partial charge in [-0.15, -0.1) is 0 Å². The summed E-state index contributed by atoms with van der Waals surface area (Å²) in [6.45, 7) is 2.31. The van der Waals surface area contributed by atoms with E-state index in [9.17, 15) is 4.39 Å². The van der Waals surface area contributed by atoms with Crippen molar-refractivity contribution in [3.8, 4) is 16.9 Å². The van der Waals surface area contributed by atoms with Gasteiger partial charge in [0.1, 0.15) is 11.6 Å². The van der Waals surface area contributed by atoms with Crippen LogP contribution in [-0.4, -0.2) is 7.11 Å². The Labute approximate surface area is 169 Å². The predicted molar refractivity (Wildman–Crippen MR) is 114 cm³/mol. The van der Waals surface area contributed by atoms with Crippen molar-refractivity contribution in [1.29, 1.82) is 0 Å². The van der Waals surface area contributed by atoms with E-state index in [1.807, 2.05) is 30.3 Å². The van der Waals surface area contributed by atoms with Gasteiger partial charge in [0.05, 0.1) is 7.11 Å². The highest BCUT2D eigenvalue weighted by Gasteiger charge is 2.35. The molecule has 0 amide bonds. The van der Waals surface area contributed by atoms with Crippen molar-refractivity contribution >= 4 is 0 Å². The van der Waals surface area contributed by atoms with Crippen molar-refractivity contribution in [3.05, 3.63) is 53.8 Å². The molecule has 1 unspecified atom stereocenters. The highest BCUT2D eigenvalue weighted by molar-refractivity contribution is 5.65. The van der Waals surface area contributed by atoms with Crippen LogP contribution in [0.5, 0.6) is 5.75 Å². The van der Waals surface area contributed by atoms with Crippen LogP contribution >= 0.6 is 0 Å². The standard InChI is InChI=1S/C26H33FO/c1-3-4-18-5-6-21-16-22(8-7-20(21)15-18)23-11-14-25(26(27)17-23)19-9-12-24(28-2)13-10-19/h9-14,17-18,20-22H,3-8,15-16H2,1-2H3/t18?,20-,21-,22-/m1/s1. The molecular weight excluding hydrogens is 347 g/mol. The Bertz CT molecular complexity index is 782. The molecule has 0 aliphatic heterocycles. The maximum absolute atomic E-state index is 14.9. The summed E-state index contributed by atoms with van der Waals surface area (Å²) in [4.78, 5) is 0. The van der Waals surface area contributed by atoms with Gasteiger partial charge in [0, 0.05) is 5.56 Å². The van der Waals surface area contributed by atoms with Crippen molar-refractivity contribution in [3.63, 3.8) is 0 Å². The van der Waals surface area contributed by atoms with Crippen LogP contribution in [0.25, 0.3) is 11.1 Å². The number of benzene rings is 2. The summed E-state index contributed by atoms with van der Waals surface area (Å²) < 4.78 is 20.1. The lowest BCUT2D eigenvalue weighted by Gasteiger charge is -2.42. The van der Waals surface area contributed by atoms with Crippen LogP contribution < -0.4 is 4.74 Å². The molecule has 4 rings (SSSR count). The number of rotatable bonds is 5. The van der Waals surface area contributed by atoms with Gasteiger partial charge in [0.15, 0.2) is 0 Å². The smallest absolute Gasteiger partial charge is 0.131 e. The molecule has 150 valence electrons. The van der Waals surface area contributed by atoms with E-state index in [0.29, 0.717) is 11.5 Å². The lowest BCUT2D eigenvalue weighted by Crippen LogP contribution is -2.30. The molecule has 0 heterocycles. The molecular formula is C26H33FO. The molecule has 2 fully saturated rings. The van der Waals surface area contributed by atoms with Crippen LogP contribution in [0.15, 0.2) is 42.5 Å². The zero-order valence-corrected chi connectivity index (χ0v) is 17.3. The Morgan fingerprint density at radius 2 is 1.68 bits per heavy atom. The van der Waals surface area contributed by atoms with E-state index in [0.717, 1.165) is 29.1 Å². The van der Waals surface area contributed by atoms with E-state index in [1.165, 1.54) is 56.9 Å². The third-order valence-electron chi connectivity index (χ3n) is 7.28. The number of halogens is 1. The molecule has 0 saturated heterocycles. The summed E-state index contributed by atoms with van der Waals surface area (Å²) >= 11 is 0. The van der Waals surface area contributed by atoms with Crippen LogP contribution in [0.2, 0.25) is 0 Å².